The number of hydrogen-bond donors (Lipinski definition) is 1. The van der Waals surface area contributed by atoms with Gasteiger partial charge in [0.25, 0.3) is 0 Å². The average molecular weight is 184 g/mol. The van der Waals surface area contributed by atoms with E-state index in [1.165, 1.54) is 13.1 Å². The largest absolute Gasteiger partial charge is 0.381 e. The van der Waals surface area contributed by atoms with Gasteiger partial charge in [-0.2, -0.15) is 0 Å². The van der Waals surface area contributed by atoms with Crippen molar-refractivity contribution < 1.29 is 4.74 Å². The first-order valence-electron chi connectivity index (χ1n) is 5.30. The molecule has 0 unspecified atom stereocenters. The lowest BCUT2D eigenvalue weighted by atomic mass is 9.83. The fraction of sp³-hybridized carbons (Fsp3) is 1.00. The molecule has 3 nitrogen and oxygen atoms in total. The maximum atomic E-state index is 5.90. The Morgan fingerprint density at radius 1 is 1.38 bits per heavy atom. The minimum absolute atomic E-state index is 0.282. The first-order valence-corrected chi connectivity index (χ1v) is 5.30. The first-order chi connectivity index (χ1) is 6.27. The maximum Gasteiger partial charge on any atom is 0.0484 e. The zero-order valence-corrected chi connectivity index (χ0v) is 8.46. The third-order valence-corrected chi connectivity index (χ3v) is 3.54. The Kier molecular flexibility index (Phi) is 2.58. The number of nitrogens with two attached hydrogens (primary N) is 1. The number of nitrogens with zero attached hydrogens (tertiary/aromatic N) is 1. The van der Waals surface area contributed by atoms with E-state index in [-0.39, 0.29) is 5.54 Å². The summed E-state index contributed by atoms with van der Waals surface area (Å²) in [5.41, 5.74) is 6.18. The molecule has 3 heteroatoms. The summed E-state index contributed by atoms with van der Waals surface area (Å²) in [6, 6.07) is 0. The van der Waals surface area contributed by atoms with E-state index in [1.54, 1.807) is 0 Å². The molecular formula is C10H20N2O. The number of rotatable bonds is 2. The molecule has 2 N–H and O–H groups in total. The summed E-state index contributed by atoms with van der Waals surface area (Å²) in [6.07, 6.45) is 2.24. The van der Waals surface area contributed by atoms with Crippen LogP contribution in [0.4, 0.5) is 0 Å². The lowest BCUT2D eigenvalue weighted by Gasteiger charge is -2.53. The molecule has 13 heavy (non-hydrogen) atoms. The highest BCUT2D eigenvalue weighted by Crippen LogP contribution is 2.32. The lowest BCUT2D eigenvalue weighted by Crippen LogP contribution is -2.64. The van der Waals surface area contributed by atoms with Crippen LogP contribution in [0.5, 0.6) is 0 Å². The highest BCUT2D eigenvalue weighted by Gasteiger charge is 2.42. The van der Waals surface area contributed by atoms with Crippen molar-refractivity contribution in [3.05, 3.63) is 0 Å². The van der Waals surface area contributed by atoms with Crippen LogP contribution in [0.1, 0.15) is 19.8 Å². The molecule has 0 radical (unpaired) electrons. The Morgan fingerprint density at radius 2 is 2.00 bits per heavy atom. The van der Waals surface area contributed by atoms with Gasteiger partial charge < -0.3 is 10.5 Å². The molecule has 76 valence electrons. The predicted molar refractivity (Wildman–Crippen MR) is 52.6 cm³/mol. The van der Waals surface area contributed by atoms with Gasteiger partial charge in [-0.05, 0) is 18.8 Å². The van der Waals surface area contributed by atoms with Crippen LogP contribution in [0.15, 0.2) is 0 Å². The van der Waals surface area contributed by atoms with E-state index in [4.69, 9.17) is 10.5 Å². The van der Waals surface area contributed by atoms with Crippen LogP contribution < -0.4 is 5.73 Å². The van der Waals surface area contributed by atoms with Gasteiger partial charge in [-0.1, -0.05) is 6.92 Å². The molecule has 0 aromatic heterocycles. The average Bonchev–Trinajstić information content (AvgIpc) is 2.14. The predicted octanol–water partition coefficient (Wildman–Crippen LogP) is 0.446. The van der Waals surface area contributed by atoms with Crippen LogP contribution in [0, 0.1) is 5.92 Å². The summed E-state index contributed by atoms with van der Waals surface area (Å²) in [7, 11) is 0. The van der Waals surface area contributed by atoms with Crippen LogP contribution in [0.25, 0.3) is 0 Å². The zero-order valence-electron chi connectivity index (χ0n) is 8.46. The summed E-state index contributed by atoms with van der Waals surface area (Å²) in [6.45, 7) is 7.35. The molecule has 2 aliphatic rings. The fourth-order valence-corrected chi connectivity index (χ4v) is 2.49. The molecule has 2 fully saturated rings. The van der Waals surface area contributed by atoms with E-state index in [2.05, 4.69) is 11.8 Å². The Labute approximate surface area is 80.2 Å². The summed E-state index contributed by atoms with van der Waals surface area (Å²) in [5.74, 6) is 0.867. The molecule has 2 saturated heterocycles. The van der Waals surface area contributed by atoms with E-state index >= 15 is 0 Å². The number of hydrogen-bond acceptors (Lipinski definition) is 3. The first kappa shape index (κ1) is 9.44. The van der Waals surface area contributed by atoms with Crippen molar-refractivity contribution in [3.63, 3.8) is 0 Å². The van der Waals surface area contributed by atoms with Crippen molar-refractivity contribution in [1.29, 1.82) is 0 Å². The van der Waals surface area contributed by atoms with Crippen LogP contribution >= 0.6 is 0 Å². The van der Waals surface area contributed by atoms with Gasteiger partial charge in [0.1, 0.15) is 0 Å². The van der Waals surface area contributed by atoms with E-state index in [1.807, 2.05) is 0 Å². The molecule has 2 rings (SSSR count). The monoisotopic (exact) mass is 184 g/mol. The molecule has 2 heterocycles. The van der Waals surface area contributed by atoms with Gasteiger partial charge in [0.05, 0.1) is 0 Å². The van der Waals surface area contributed by atoms with E-state index < -0.39 is 0 Å². The third-order valence-electron chi connectivity index (χ3n) is 3.54. The molecule has 2 aliphatic heterocycles. The second-order valence-corrected chi connectivity index (χ2v) is 4.55. The molecule has 0 aromatic carbocycles. The van der Waals surface area contributed by atoms with Crippen molar-refractivity contribution in [1.82, 2.24) is 4.90 Å². The van der Waals surface area contributed by atoms with Crippen molar-refractivity contribution >= 4 is 0 Å². The van der Waals surface area contributed by atoms with E-state index in [9.17, 15) is 0 Å². The van der Waals surface area contributed by atoms with E-state index in [0.29, 0.717) is 0 Å². The van der Waals surface area contributed by atoms with Crippen molar-refractivity contribution in [3.8, 4) is 0 Å². The summed E-state index contributed by atoms with van der Waals surface area (Å²) < 4.78 is 5.39. The van der Waals surface area contributed by atoms with Crippen LogP contribution in [0.2, 0.25) is 0 Å². The third kappa shape index (κ3) is 1.60. The normalized spacial score (nSPS) is 30.0. The summed E-state index contributed by atoms with van der Waals surface area (Å²) in [5, 5.41) is 0. The number of ether oxygens (including phenoxy) is 1. The smallest absolute Gasteiger partial charge is 0.0484 e. The highest BCUT2D eigenvalue weighted by molar-refractivity contribution is 4.98. The highest BCUT2D eigenvalue weighted by atomic mass is 16.5. The van der Waals surface area contributed by atoms with E-state index in [0.717, 1.165) is 38.5 Å². The van der Waals surface area contributed by atoms with Crippen molar-refractivity contribution in [2.75, 3.05) is 32.8 Å². The standard InChI is InChI=1S/C10H20N2O/c1-9-6-12(7-9)10(8-11)2-4-13-5-3-10/h9H,2-8,11H2,1H3. The van der Waals surface area contributed by atoms with Crippen molar-refractivity contribution in [2.45, 2.75) is 25.3 Å². The van der Waals surface area contributed by atoms with Gasteiger partial charge in [0.2, 0.25) is 0 Å². The van der Waals surface area contributed by atoms with Gasteiger partial charge >= 0.3 is 0 Å². The quantitative estimate of drug-likeness (QED) is 0.677. The van der Waals surface area contributed by atoms with Gasteiger partial charge in [-0.25, -0.2) is 0 Å². The Balaban J connectivity index is 1.97. The molecular weight excluding hydrogens is 164 g/mol. The van der Waals surface area contributed by atoms with Gasteiger partial charge in [-0.15, -0.1) is 0 Å². The molecule has 0 aromatic rings. The second kappa shape index (κ2) is 3.56. The minimum atomic E-state index is 0.282. The van der Waals surface area contributed by atoms with Gasteiger partial charge in [0.15, 0.2) is 0 Å². The minimum Gasteiger partial charge on any atom is -0.381 e. The number of likely N-dealkylation sites (tertiary alicyclic amines) is 1. The fourth-order valence-electron chi connectivity index (χ4n) is 2.49. The molecule has 0 atom stereocenters. The van der Waals surface area contributed by atoms with Gasteiger partial charge in [0, 0.05) is 38.4 Å². The van der Waals surface area contributed by atoms with Gasteiger partial charge in [-0.3, -0.25) is 4.90 Å². The van der Waals surface area contributed by atoms with Crippen molar-refractivity contribution in [2.24, 2.45) is 11.7 Å². The molecule has 0 amide bonds. The SMILES string of the molecule is CC1CN(C2(CN)CCOCC2)C1. The molecule has 0 aliphatic carbocycles. The summed E-state index contributed by atoms with van der Waals surface area (Å²) >= 11 is 0. The topological polar surface area (TPSA) is 38.5 Å². The summed E-state index contributed by atoms with van der Waals surface area (Å²) in [4.78, 5) is 2.56. The van der Waals surface area contributed by atoms with Crippen LogP contribution in [-0.4, -0.2) is 43.3 Å². The molecule has 0 saturated carbocycles. The van der Waals surface area contributed by atoms with Crippen LogP contribution in [-0.2, 0) is 4.74 Å². The zero-order chi connectivity index (χ0) is 9.31. The Hall–Kier alpha value is -0.120. The Bertz CT molecular complexity index is 172. The molecule has 0 bridgehead atoms. The van der Waals surface area contributed by atoms with Crippen LogP contribution in [0.3, 0.4) is 0 Å². The Morgan fingerprint density at radius 3 is 2.46 bits per heavy atom. The molecule has 0 spiro atoms. The lowest BCUT2D eigenvalue weighted by molar-refractivity contribution is -0.0702. The second-order valence-electron chi connectivity index (χ2n) is 4.55. The maximum absolute atomic E-state index is 5.90.